The fraction of sp³-hybridized carbons (Fsp3) is 0.429. The molecule has 20 heavy (non-hydrogen) atoms. The number of carbonyl (C=O) groups is 2. The van der Waals surface area contributed by atoms with E-state index in [0.717, 1.165) is 0 Å². The number of phenols is 1. The van der Waals surface area contributed by atoms with Gasteiger partial charge < -0.3 is 20.3 Å². The van der Waals surface area contributed by atoms with Crippen LogP contribution in [-0.4, -0.2) is 40.8 Å². The summed E-state index contributed by atoms with van der Waals surface area (Å²) in [5.74, 6) is -1.41. The number of para-hydroxylation sites is 1. The average molecular weight is 279 g/mol. The molecule has 2 atom stereocenters. The average Bonchev–Trinajstić information content (AvgIpc) is 2.88. The molecular formula is C14H17NO5. The predicted octanol–water partition coefficient (Wildman–Crippen LogP) is 1.06. The third-order valence-corrected chi connectivity index (χ3v) is 3.36. The maximum absolute atomic E-state index is 11.9. The van der Waals surface area contributed by atoms with Gasteiger partial charge in [-0.3, -0.25) is 4.79 Å². The summed E-state index contributed by atoms with van der Waals surface area (Å²) in [6, 6.07) is 4.94. The summed E-state index contributed by atoms with van der Waals surface area (Å²) >= 11 is 0. The first-order valence-corrected chi connectivity index (χ1v) is 6.44. The van der Waals surface area contributed by atoms with E-state index in [2.05, 4.69) is 5.32 Å². The lowest BCUT2D eigenvalue weighted by Crippen LogP contribution is -2.33. The summed E-state index contributed by atoms with van der Waals surface area (Å²) in [7, 11) is 0. The van der Waals surface area contributed by atoms with Gasteiger partial charge in [0.05, 0.1) is 11.7 Å². The smallest absolute Gasteiger partial charge is 0.332 e. The maximum Gasteiger partial charge on any atom is 0.332 e. The van der Waals surface area contributed by atoms with Crippen molar-refractivity contribution in [2.45, 2.75) is 32.0 Å². The molecule has 0 spiro atoms. The molecule has 0 radical (unpaired) electrons. The zero-order valence-corrected chi connectivity index (χ0v) is 11.1. The highest BCUT2D eigenvalue weighted by molar-refractivity contribution is 5.97. The molecule has 1 aliphatic heterocycles. The summed E-state index contributed by atoms with van der Waals surface area (Å²) < 4.78 is 5.29. The monoisotopic (exact) mass is 279 g/mol. The zero-order chi connectivity index (χ0) is 14.7. The molecule has 0 aliphatic carbocycles. The number of aliphatic carboxylic acids is 1. The second-order valence-electron chi connectivity index (χ2n) is 4.84. The molecule has 2 rings (SSSR count). The summed E-state index contributed by atoms with van der Waals surface area (Å²) in [6.45, 7) is 1.94. The lowest BCUT2D eigenvalue weighted by molar-refractivity contribution is -0.149. The van der Waals surface area contributed by atoms with E-state index in [0.29, 0.717) is 18.4 Å². The largest absolute Gasteiger partial charge is 0.507 e. The molecule has 1 saturated heterocycles. The summed E-state index contributed by atoms with van der Waals surface area (Å²) in [4.78, 5) is 22.7. The number of rotatable bonds is 4. The normalized spacial score (nSPS) is 21.6. The first-order valence-electron chi connectivity index (χ1n) is 6.44. The number of hydrogen-bond donors (Lipinski definition) is 3. The number of carboxylic acids is 1. The molecule has 1 aromatic rings. The topological polar surface area (TPSA) is 95.9 Å². The highest BCUT2D eigenvalue weighted by Crippen LogP contribution is 2.22. The Balaban J connectivity index is 1.90. The molecule has 1 heterocycles. The van der Waals surface area contributed by atoms with Crippen LogP contribution >= 0.6 is 0 Å². The standard InChI is InChI=1S/C14H17NO5/c1-8-3-2-4-10(12(8)16)13(17)15-7-9-5-6-11(20-9)14(18)19/h2-4,9,11,16H,5-7H2,1H3,(H,15,17)(H,18,19). The van der Waals surface area contributed by atoms with E-state index in [1.807, 2.05) is 0 Å². The SMILES string of the molecule is Cc1cccc(C(=O)NCC2CCC(C(=O)O)O2)c1O. The number of amides is 1. The summed E-state index contributed by atoms with van der Waals surface area (Å²) in [6.07, 6.45) is -0.0425. The van der Waals surface area contributed by atoms with Gasteiger partial charge in [0.25, 0.3) is 5.91 Å². The number of ether oxygens (including phenoxy) is 1. The van der Waals surface area contributed by atoms with Gasteiger partial charge >= 0.3 is 5.97 Å². The molecular weight excluding hydrogens is 262 g/mol. The predicted molar refractivity (Wildman–Crippen MR) is 70.7 cm³/mol. The van der Waals surface area contributed by atoms with Crippen molar-refractivity contribution in [3.63, 3.8) is 0 Å². The lowest BCUT2D eigenvalue weighted by Gasteiger charge is -2.13. The van der Waals surface area contributed by atoms with Crippen LogP contribution in [0.2, 0.25) is 0 Å². The molecule has 1 amide bonds. The minimum Gasteiger partial charge on any atom is -0.507 e. The molecule has 1 fully saturated rings. The zero-order valence-electron chi connectivity index (χ0n) is 11.1. The van der Waals surface area contributed by atoms with Gasteiger partial charge in [0.1, 0.15) is 5.75 Å². The summed E-state index contributed by atoms with van der Waals surface area (Å²) in [5, 5.41) is 21.3. The Morgan fingerprint density at radius 1 is 1.40 bits per heavy atom. The Hall–Kier alpha value is -2.08. The molecule has 6 heteroatoms. The van der Waals surface area contributed by atoms with Crippen LogP contribution in [0.25, 0.3) is 0 Å². The van der Waals surface area contributed by atoms with Crippen LogP contribution in [-0.2, 0) is 9.53 Å². The number of nitrogens with one attached hydrogen (secondary N) is 1. The van der Waals surface area contributed by atoms with Gasteiger partial charge in [0.15, 0.2) is 6.10 Å². The van der Waals surface area contributed by atoms with Crippen LogP contribution in [0.5, 0.6) is 5.75 Å². The first kappa shape index (κ1) is 14.3. The van der Waals surface area contributed by atoms with Crippen molar-refractivity contribution >= 4 is 11.9 Å². The Morgan fingerprint density at radius 3 is 2.80 bits per heavy atom. The van der Waals surface area contributed by atoms with E-state index in [9.17, 15) is 14.7 Å². The lowest BCUT2D eigenvalue weighted by atomic mass is 10.1. The molecule has 1 aromatic carbocycles. The molecule has 0 saturated carbocycles. The van der Waals surface area contributed by atoms with Gasteiger partial charge in [-0.25, -0.2) is 4.79 Å². The highest BCUT2D eigenvalue weighted by Gasteiger charge is 2.30. The number of carbonyl (C=O) groups excluding carboxylic acids is 1. The van der Waals surface area contributed by atoms with Gasteiger partial charge in [0, 0.05) is 6.54 Å². The Labute approximate surface area is 116 Å². The Morgan fingerprint density at radius 2 is 2.15 bits per heavy atom. The minimum atomic E-state index is -0.977. The van der Waals surface area contributed by atoms with Crippen LogP contribution in [0, 0.1) is 6.92 Å². The van der Waals surface area contributed by atoms with E-state index in [4.69, 9.17) is 9.84 Å². The van der Waals surface area contributed by atoms with Gasteiger partial charge in [0.2, 0.25) is 0 Å². The second-order valence-corrected chi connectivity index (χ2v) is 4.84. The van der Waals surface area contributed by atoms with Crippen LogP contribution in [0.3, 0.4) is 0 Å². The first-order chi connectivity index (χ1) is 9.49. The van der Waals surface area contributed by atoms with Gasteiger partial charge in [-0.05, 0) is 31.4 Å². The number of carboxylic acid groups (broad SMARTS) is 1. The molecule has 0 bridgehead atoms. The highest BCUT2D eigenvalue weighted by atomic mass is 16.5. The number of aryl methyl sites for hydroxylation is 1. The van der Waals surface area contributed by atoms with E-state index in [1.165, 1.54) is 6.07 Å². The van der Waals surface area contributed by atoms with Crippen LogP contribution in [0.15, 0.2) is 18.2 Å². The fourth-order valence-corrected chi connectivity index (χ4v) is 2.18. The Kier molecular flexibility index (Phi) is 4.24. The molecule has 0 aromatic heterocycles. The van der Waals surface area contributed by atoms with Crippen molar-refractivity contribution in [2.24, 2.45) is 0 Å². The molecule has 108 valence electrons. The van der Waals surface area contributed by atoms with Crippen molar-refractivity contribution in [3.05, 3.63) is 29.3 Å². The van der Waals surface area contributed by atoms with Crippen molar-refractivity contribution in [1.82, 2.24) is 5.32 Å². The second kappa shape index (κ2) is 5.92. The van der Waals surface area contributed by atoms with Gasteiger partial charge in [-0.2, -0.15) is 0 Å². The summed E-state index contributed by atoms with van der Waals surface area (Å²) in [5.41, 5.74) is 0.832. The molecule has 3 N–H and O–H groups in total. The third-order valence-electron chi connectivity index (χ3n) is 3.36. The van der Waals surface area contributed by atoms with Crippen LogP contribution < -0.4 is 5.32 Å². The molecule has 6 nitrogen and oxygen atoms in total. The maximum atomic E-state index is 11.9. The fourth-order valence-electron chi connectivity index (χ4n) is 2.18. The third kappa shape index (κ3) is 3.08. The van der Waals surface area contributed by atoms with Gasteiger partial charge in [-0.15, -0.1) is 0 Å². The Bertz CT molecular complexity index is 528. The number of hydrogen-bond acceptors (Lipinski definition) is 4. The minimum absolute atomic E-state index is 0.0410. The van der Waals surface area contributed by atoms with E-state index < -0.39 is 18.0 Å². The number of benzene rings is 1. The molecule has 2 unspecified atom stereocenters. The van der Waals surface area contributed by atoms with Crippen molar-refractivity contribution in [2.75, 3.05) is 6.54 Å². The van der Waals surface area contributed by atoms with Crippen molar-refractivity contribution < 1.29 is 24.5 Å². The van der Waals surface area contributed by atoms with E-state index in [-0.39, 0.29) is 24.0 Å². The van der Waals surface area contributed by atoms with Crippen molar-refractivity contribution in [1.29, 1.82) is 0 Å². The number of aromatic hydroxyl groups is 1. The quantitative estimate of drug-likeness (QED) is 0.766. The van der Waals surface area contributed by atoms with Crippen molar-refractivity contribution in [3.8, 4) is 5.75 Å². The van der Waals surface area contributed by atoms with Crippen LogP contribution in [0.1, 0.15) is 28.8 Å². The molecule has 1 aliphatic rings. The number of phenolic OH excluding ortho intramolecular Hbond substituents is 1. The van der Waals surface area contributed by atoms with E-state index >= 15 is 0 Å². The van der Waals surface area contributed by atoms with Crippen LogP contribution in [0.4, 0.5) is 0 Å². The van der Waals surface area contributed by atoms with Gasteiger partial charge in [-0.1, -0.05) is 12.1 Å². The van der Waals surface area contributed by atoms with E-state index in [1.54, 1.807) is 19.1 Å².